The van der Waals surface area contributed by atoms with E-state index < -0.39 is 0 Å². The van der Waals surface area contributed by atoms with Gasteiger partial charge in [-0.1, -0.05) is 50.6 Å². The van der Waals surface area contributed by atoms with Crippen LogP contribution in [0.5, 0.6) is 0 Å². The number of rotatable bonds is 1. The average molecular weight is 488 g/mol. The highest BCUT2D eigenvalue weighted by Gasteiger charge is 2.64. The molecule has 5 aliphatic rings. The molecule has 2 atom stereocenters. The van der Waals surface area contributed by atoms with Crippen molar-refractivity contribution in [2.24, 2.45) is 28.1 Å². The van der Waals surface area contributed by atoms with Gasteiger partial charge in [0.15, 0.2) is 5.78 Å². The lowest BCUT2D eigenvalue weighted by atomic mass is 9.77. The molecule has 3 spiro atoms. The predicted molar refractivity (Wildman–Crippen MR) is 143 cm³/mol. The third kappa shape index (κ3) is 4.76. The minimum Gasteiger partial charge on any atom is -0.319 e. The summed E-state index contributed by atoms with van der Waals surface area (Å²) in [6.07, 6.45) is 22.5. The van der Waals surface area contributed by atoms with Crippen LogP contribution < -0.4 is 5.32 Å². The van der Waals surface area contributed by atoms with Gasteiger partial charge < -0.3 is 5.32 Å². The molecule has 0 aromatic carbocycles. The van der Waals surface area contributed by atoms with Crippen LogP contribution in [-0.4, -0.2) is 17.5 Å². The number of allylic oxidation sites excluding steroid dienone is 8. The van der Waals surface area contributed by atoms with Crippen molar-refractivity contribution >= 4 is 17.5 Å². The van der Waals surface area contributed by atoms with E-state index in [1.165, 1.54) is 57.1 Å². The fraction of sp³-hybridized carbons (Fsp3) is 0.594. The van der Waals surface area contributed by atoms with Crippen LogP contribution in [0, 0.1) is 28.1 Å². The van der Waals surface area contributed by atoms with E-state index in [-0.39, 0.29) is 28.6 Å². The number of amides is 1. The molecule has 0 aromatic rings. The van der Waals surface area contributed by atoms with Crippen molar-refractivity contribution in [3.8, 4) is 0 Å². The minimum absolute atomic E-state index is 0.112. The molecule has 5 rings (SSSR count). The van der Waals surface area contributed by atoms with Crippen molar-refractivity contribution in [2.75, 3.05) is 0 Å². The Morgan fingerprint density at radius 3 is 2.31 bits per heavy atom. The maximum absolute atomic E-state index is 13.2. The summed E-state index contributed by atoms with van der Waals surface area (Å²) in [4.78, 5) is 38.7. The predicted octanol–water partition coefficient (Wildman–Crippen LogP) is 6.70. The molecule has 3 fully saturated rings. The minimum atomic E-state index is -0.297. The van der Waals surface area contributed by atoms with Gasteiger partial charge in [0.1, 0.15) is 0 Å². The van der Waals surface area contributed by atoms with Crippen LogP contribution in [0.25, 0.3) is 0 Å². The highest BCUT2D eigenvalue weighted by atomic mass is 16.2. The fourth-order valence-electron chi connectivity index (χ4n) is 7.34. The Labute approximate surface area is 216 Å². The van der Waals surface area contributed by atoms with Gasteiger partial charge in [0.2, 0.25) is 5.78 Å². The van der Waals surface area contributed by atoms with E-state index in [1.807, 2.05) is 13.0 Å². The molecule has 36 heavy (non-hydrogen) atoms. The second-order valence-electron chi connectivity index (χ2n) is 12.6. The van der Waals surface area contributed by atoms with Gasteiger partial charge in [-0.05, 0) is 99.9 Å². The van der Waals surface area contributed by atoms with E-state index in [1.54, 1.807) is 5.57 Å². The van der Waals surface area contributed by atoms with Gasteiger partial charge in [-0.2, -0.15) is 0 Å². The highest BCUT2D eigenvalue weighted by Crippen LogP contribution is 2.74. The third-order valence-corrected chi connectivity index (χ3v) is 9.62. The molecule has 3 saturated carbocycles. The van der Waals surface area contributed by atoms with E-state index in [0.717, 1.165) is 6.42 Å². The number of ketones is 2. The Bertz CT molecular complexity index is 1130. The molecule has 1 N–H and O–H groups in total. The molecule has 1 aliphatic heterocycles. The van der Waals surface area contributed by atoms with Gasteiger partial charge in [-0.15, -0.1) is 0 Å². The number of carbonyl (C=O) groups excluding carboxylic acids is 3. The van der Waals surface area contributed by atoms with E-state index >= 15 is 0 Å². The second kappa shape index (κ2) is 9.11. The largest absolute Gasteiger partial charge is 0.319 e. The van der Waals surface area contributed by atoms with Crippen molar-refractivity contribution in [3.05, 3.63) is 58.9 Å². The highest BCUT2D eigenvalue weighted by molar-refractivity contribution is 6.21. The molecule has 0 unspecified atom stereocenters. The van der Waals surface area contributed by atoms with E-state index in [2.05, 4.69) is 44.3 Å². The summed E-state index contributed by atoms with van der Waals surface area (Å²) in [5, 5.41) is 2.76. The number of nitrogens with one attached hydrogen (secondary N) is 1. The molecular weight excluding hydrogens is 446 g/mol. The lowest BCUT2D eigenvalue weighted by molar-refractivity contribution is -0.120. The average Bonchev–Trinajstić information content (AvgIpc) is 3.67. The Morgan fingerprint density at radius 2 is 1.69 bits per heavy atom. The Balaban J connectivity index is 1.47. The van der Waals surface area contributed by atoms with Crippen molar-refractivity contribution in [2.45, 2.75) is 91.9 Å². The summed E-state index contributed by atoms with van der Waals surface area (Å²) >= 11 is 0. The van der Waals surface area contributed by atoms with Crippen LogP contribution in [0.4, 0.5) is 0 Å². The third-order valence-electron chi connectivity index (χ3n) is 9.62. The van der Waals surface area contributed by atoms with Crippen LogP contribution >= 0.6 is 0 Å². The fourth-order valence-corrected chi connectivity index (χ4v) is 7.34. The van der Waals surface area contributed by atoms with Crippen molar-refractivity contribution < 1.29 is 14.4 Å². The lowest BCUT2D eigenvalue weighted by Crippen LogP contribution is -2.32. The van der Waals surface area contributed by atoms with Crippen LogP contribution in [0.1, 0.15) is 91.9 Å². The van der Waals surface area contributed by atoms with Gasteiger partial charge in [-0.25, -0.2) is 0 Å². The molecule has 0 saturated heterocycles. The van der Waals surface area contributed by atoms with E-state index in [0.29, 0.717) is 46.7 Å². The normalized spacial score (nSPS) is 34.7. The molecule has 4 aliphatic carbocycles. The summed E-state index contributed by atoms with van der Waals surface area (Å²) in [5.41, 5.74) is 3.70. The monoisotopic (exact) mass is 487 g/mol. The molecule has 2 bridgehead atoms. The Hall–Kier alpha value is -2.49. The zero-order chi connectivity index (χ0) is 25.7. The quantitative estimate of drug-likeness (QED) is 0.331. The van der Waals surface area contributed by atoms with Gasteiger partial charge in [-0.3, -0.25) is 14.4 Å². The van der Waals surface area contributed by atoms with Crippen molar-refractivity contribution in [1.29, 1.82) is 0 Å². The second-order valence-corrected chi connectivity index (χ2v) is 12.6. The Morgan fingerprint density at radius 1 is 0.972 bits per heavy atom. The lowest BCUT2D eigenvalue weighted by Gasteiger charge is -2.28. The van der Waals surface area contributed by atoms with Gasteiger partial charge in [0, 0.05) is 22.6 Å². The van der Waals surface area contributed by atoms with Crippen LogP contribution in [0.2, 0.25) is 0 Å². The molecule has 192 valence electrons. The van der Waals surface area contributed by atoms with Gasteiger partial charge in [0.05, 0.1) is 5.70 Å². The standard InChI is InChI=1S/C32H41NO3/c1-5-24-7-6-8-31(11-12-31)32(13-14-32)23(4)15-21(2)19-30(9-10-30)20-22(3)16-25-17-26(34)18-27(28(25)35)33-29(24)36/h6-8,15,17-18,21-22H,5,9-14,16,19-20H2,1-4H3,(H,33,36)/b8-6-,23-15+,24-7+/t21-,22+/m0/s1. The SMILES string of the molecule is CC/C1=C\C=C/C2(CC2)C2(CC2)/C(C)=C/[C@H](C)CC2(CC2)C[C@H](C)CC2=CC(=O)C=C(NC1=O)C2=O. The Kier molecular flexibility index (Phi) is 6.37. The smallest absolute Gasteiger partial charge is 0.251 e. The van der Waals surface area contributed by atoms with Crippen LogP contribution in [0.15, 0.2) is 58.9 Å². The maximum Gasteiger partial charge on any atom is 0.251 e. The van der Waals surface area contributed by atoms with E-state index in [9.17, 15) is 14.4 Å². The first kappa shape index (κ1) is 25.2. The van der Waals surface area contributed by atoms with Crippen LogP contribution in [-0.2, 0) is 14.4 Å². The number of carbonyl (C=O) groups is 3. The summed E-state index contributed by atoms with van der Waals surface area (Å²) in [6.45, 7) is 8.87. The molecule has 0 aromatic heterocycles. The number of fused-ring (bicyclic) bond motifs is 3. The van der Waals surface area contributed by atoms with Gasteiger partial charge in [0.25, 0.3) is 5.91 Å². The molecule has 1 amide bonds. The number of hydrogen-bond donors (Lipinski definition) is 1. The number of hydrogen-bond acceptors (Lipinski definition) is 3. The topological polar surface area (TPSA) is 63.2 Å². The zero-order valence-corrected chi connectivity index (χ0v) is 22.4. The molecule has 0 radical (unpaired) electrons. The maximum atomic E-state index is 13.2. The summed E-state index contributed by atoms with van der Waals surface area (Å²) in [7, 11) is 0. The molecule has 4 nitrogen and oxygen atoms in total. The molecule has 1 heterocycles. The zero-order valence-electron chi connectivity index (χ0n) is 22.4. The molecular formula is C32H41NO3. The van der Waals surface area contributed by atoms with Crippen molar-refractivity contribution in [1.82, 2.24) is 5.32 Å². The van der Waals surface area contributed by atoms with Crippen molar-refractivity contribution in [3.63, 3.8) is 0 Å². The summed E-state index contributed by atoms with van der Waals surface area (Å²) in [5.74, 6) is 0.113. The summed E-state index contributed by atoms with van der Waals surface area (Å²) in [6, 6.07) is 0. The summed E-state index contributed by atoms with van der Waals surface area (Å²) < 4.78 is 0. The number of Topliss-reactive ketones (excluding diaryl/α,β-unsaturated/α-hetero) is 1. The first-order chi connectivity index (χ1) is 17.1. The van der Waals surface area contributed by atoms with E-state index in [4.69, 9.17) is 0 Å². The molecule has 4 heteroatoms. The van der Waals surface area contributed by atoms with Crippen LogP contribution in [0.3, 0.4) is 0 Å². The first-order valence-corrected chi connectivity index (χ1v) is 14.0. The first-order valence-electron chi connectivity index (χ1n) is 14.0. The van der Waals surface area contributed by atoms with Gasteiger partial charge >= 0.3 is 0 Å².